The minimum atomic E-state index is -3.13. The first kappa shape index (κ1) is 41.4. The molecular formula is C40H44F6N12O4. The highest BCUT2D eigenvalue weighted by Crippen LogP contribution is 2.40. The van der Waals surface area contributed by atoms with Crippen LogP contribution in [0.3, 0.4) is 0 Å². The van der Waals surface area contributed by atoms with Crippen LogP contribution in [0.25, 0.3) is 16.7 Å². The molecule has 2 atom stereocenters. The van der Waals surface area contributed by atoms with E-state index in [0.717, 1.165) is 0 Å². The summed E-state index contributed by atoms with van der Waals surface area (Å²) >= 11 is 0. The number of imidazole rings is 1. The van der Waals surface area contributed by atoms with E-state index in [1.165, 1.54) is 54.9 Å². The van der Waals surface area contributed by atoms with Crippen molar-refractivity contribution in [2.75, 3.05) is 54.9 Å². The molecule has 2 unspecified atom stereocenters. The molecule has 7 heterocycles. The number of rotatable bonds is 10. The molecule has 5 aromatic rings. The monoisotopic (exact) mass is 870 g/mol. The number of hydrogen-bond donors (Lipinski definition) is 2. The molecule has 4 aromatic heterocycles. The van der Waals surface area contributed by atoms with Crippen molar-refractivity contribution in [1.82, 2.24) is 43.7 Å². The lowest BCUT2D eigenvalue weighted by Crippen LogP contribution is -2.58. The Morgan fingerprint density at radius 2 is 1.76 bits per heavy atom. The van der Waals surface area contributed by atoms with Gasteiger partial charge in [0.1, 0.15) is 17.4 Å². The van der Waals surface area contributed by atoms with Gasteiger partial charge in [0.15, 0.2) is 11.3 Å². The molecule has 0 spiro atoms. The number of amides is 3. The van der Waals surface area contributed by atoms with E-state index in [2.05, 4.69) is 25.8 Å². The molecule has 3 amide bonds. The molecule has 3 saturated heterocycles. The van der Waals surface area contributed by atoms with Crippen LogP contribution in [0.5, 0.6) is 0 Å². The summed E-state index contributed by atoms with van der Waals surface area (Å²) in [5, 5.41) is 13.0. The van der Waals surface area contributed by atoms with Crippen LogP contribution in [0.15, 0.2) is 47.7 Å². The van der Waals surface area contributed by atoms with E-state index >= 15 is 8.78 Å². The second-order valence-electron chi connectivity index (χ2n) is 16.9. The van der Waals surface area contributed by atoms with Crippen molar-refractivity contribution >= 4 is 51.6 Å². The predicted molar refractivity (Wildman–Crippen MR) is 213 cm³/mol. The number of carbonyl (C=O) groups excluding carboxylic acids is 3. The Morgan fingerprint density at radius 1 is 1.00 bits per heavy atom. The van der Waals surface area contributed by atoms with Gasteiger partial charge < -0.3 is 15.1 Å². The molecule has 16 nitrogen and oxygen atoms in total. The van der Waals surface area contributed by atoms with Gasteiger partial charge in [0.2, 0.25) is 11.8 Å². The summed E-state index contributed by atoms with van der Waals surface area (Å²) in [6.07, 6.45) is 3.75. The first-order valence-corrected chi connectivity index (χ1v) is 20.5. The van der Waals surface area contributed by atoms with Crippen LogP contribution < -0.4 is 26.1 Å². The van der Waals surface area contributed by atoms with Gasteiger partial charge in [0.05, 0.1) is 60.3 Å². The number of piperidine rings is 2. The van der Waals surface area contributed by atoms with Crippen molar-refractivity contribution in [3.05, 3.63) is 64.6 Å². The molecule has 0 radical (unpaired) electrons. The van der Waals surface area contributed by atoms with Gasteiger partial charge in [0, 0.05) is 39.0 Å². The van der Waals surface area contributed by atoms with E-state index in [1.54, 1.807) is 35.0 Å². The Hall–Kier alpha value is -5.93. The molecular weight excluding hydrogens is 827 g/mol. The second-order valence-corrected chi connectivity index (χ2v) is 16.9. The summed E-state index contributed by atoms with van der Waals surface area (Å²) in [6, 6.07) is 4.28. The summed E-state index contributed by atoms with van der Waals surface area (Å²) < 4.78 is 93.1. The van der Waals surface area contributed by atoms with Crippen molar-refractivity contribution < 1.29 is 40.7 Å². The molecule has 22 heteroatoms. The highest BCUT2D eigenvalue weighted by Gasteiger charge is 2.48. The molecule has 2 N–H and O–H groups in total. The van der Waals surface area contributed by atoms with Crippen molar-refractivity contribution in [1.29, 1.82) is 0 Å². The average molecular weight is 871 g/mol. The van der Waals surface area contributed by atoms with Gasteiger partial charge in [-0.25, -0.2) is 40.6 Å². The Balaban J connectivity index is 0.826. The normalized spacial score (nSPS) is 24.0. The third kappa shape index (κ3) is 7.44. The number of benzene rings is 1. The fourth-order valence-corrected chi connectivity index (χ4v) is 9.62. The Kier molecular flexibility index (Phi) is 10.3. The van der Waals surface area contributed by atoms with Gasteiger partial charge in [-0.05, 0) is 69.7 Å². The molecule has 4 aliphatic rings. The average Bonchev–Trinajstić information content (AvgIpc) is 3.91. The first-order chi connectivity index (χ1) is 29.5. The van der Waals surface area contributed by atoms with Crippen molar-refractivity contribution in [2.45, 2.75) is 81.3 Å². The minimum absolute atomic E-state index is 0.0426. The number of alkyl halides is 6. The maximum absolute atomic E-state index is 16.1. The number of anilines is 3. The maximum Gasteiger partial charge on any atom is 0.329 e. The number of nitrogens with zero attached hydrogens (tertiary/aromatic N) is 10. The SMILES string of the molecule is CN(C[C@H]1CC[C@H](n2cc(NC(=O)c3cnn4ccc(N5CC(F)(F)C5)nc34)c(C(F)F)n2)CC1)C1CCN(c2cccc3c2n(C)c(=O)n3C2CCC(=O)NC2=O)CC1(F)F. The topological polar surface area (TPSA) is 160 Å². The van der Waals surface area contributed by atoms with E-state index in [0.29, 0.717) is 48.9 Å². The highest BCUT2D eigenvalue weighted by atomic mass is 19.3. The number of para-hydroxylation sites is 1. The minimum Gasteiger partial charge on any atom is -0.364 e. The van der Waals surface area contributed by atoms with Crippen LogP contribution in [0.4, 0.5) is 43.5 Å². The third-order valence-corrected chi connectivity index (χ3v) is 12.8. The number of hydrogen-bond acceptors (Lipinski definition) is 10. The predicted octanol–water partition coefficient (Wildman–Crippen LogP) is 4.78. The van der Waals surface area contributed by atoms with Crippen LogP contribution in [-0.2, 0) is 16.6 Å². The fraction of sp³-hybridized carbons (Fsp3) is 0.525. The van der Waals surface area contributed by atoms with Gasteiger partial charge in [-0.3, -0.25) is 38.4 Å². The van der Waals surface area contributed by atoms with Crippen LogP contribution in [0.1, 0.15) is 79.5 Å². The molecule has 1 aliphatic carbocycles. The van der Waals surface area contributed by atoms with Crippen LogP contribution >= 0.6 is 0 Å². The van der Waals surface area contributed by atoms with Gasteiger partial charge in [-0.1, -0.05) is 6.07 Å². The summed E-state index contributed by atoms with van der Waals surface area (Å²) in [5.41, 5.74) is 0.0212. The quantitative estimate of drug-likeness (QED) is 0.148. The number of carbonyl (C=O) groups is 3. The smallest absolute Gasteiger partial charge is 0.329 e. The number of halogens is 6. The van der Waals surface area contributed by atoms with E-state index < -0.39 is 79.1 Å². The van der Waals surface area contributed by atoms with E-state index in [1.807, 2.05) is 0 Å². The lowest BCUT2D eigenvalue weighted by Gasteiger charge is -2.44. The molecule has 330 valence electrons. The number of aromatic nitrogens is 7. The fourth-order valence-electron chi connectivity index (χ4n) is 9.62. The van der Waals surface area contributed by atoms with Gasteiger partial charge >= 0.3 is 5.69 Å². The number of fused-ring (bicyclic) bond motifs is 2. The van der Waals surface area contributed by atoms with Crippen molar-refractivity contribution in [3.63, 3.8) is 0 Å². The van der Waals surface area contributed by atoms with Crippen molar-refractivity contribution in [3.8, 4) is 0 Å². The molecule has 9 rings (SSSR count). The number of aryl methyl sites for hydroxylation is 1. The number of nitrogens with one attached hydrogen (secondary N) is 2. The molecule has 0 bridgehead atoms. The Morgan fingerprint density at radius 3 is 2.45 bits per heavy atom. The maximum atomic E-state index is 16.1. The van der Waals surface area contributed by atoms with Crippen LogP contribution in [0.2, 0.25) is 0 Å². The van der Waals surface area contributed by atoms with E-state index in [4.69, 9.17) is 0 Å². The summed E-state index contributed by atoms with van der Waals surface area (Å²) in [6.45, 7) is -0.950. The summed E-state index contributed by atoms with van der Waals surface area (Å²) in [5.74, 6) is -7.46. The zero-order valence-corrected chi connectivity index (χ0v) is 33.8. The largest absolute Gasteiger partial charge is 0.364 e. The number of imide groups is 1. The third-order valence-electron chi connectivity index (χ3n) is 12.8. The lowest BCUT2D eigenvalue weighted by molar-refractivity contribution is -0.135. The Labute approximate surface area is 349 Å². The van der Waals surface area contributed by atoms with Crippen molar-refractivity contribution in [2.24, 2.45) is 13.0 Å². The second kappa shape index (κ2) is 15.5. The molecule has 62 heavy (non-hydrogen) atoms. The zero-order chi connectivity index (χ0) is 43.8. The highest BCUT2D eigenvalue weighted by molar-refractivity contribution is 6.08. The lowest BCUT2D eigenvalue weighted by atomic mass is 9.85. The molecule has 1 saturated carbocycles. The first-order valence-electron chi connectivity index (χ1n) is 20.5. The Bertz CT molecular complexity index is 2620. The van der Waals surface area contributed by atoms with Gasteiger partial charge in [-0.15, -0.1) is 0 Å². The standard InChI is InChI=1S/C40H44F6N12O4/c1-52(29-12-14-54(21-40(29,45)46)26-4-3-5-27-33(26)53(2)38(62)58(27)28-10-11-31(59)50-37(28)61)17-22-6-8-23(9-7-22)57-18-25(32(51-57)34(41)42)48-36(60)24-16-47-56-15-13-30(49-35(24)56)55-19-39(43,44)20-55/h3-5,13,15-16,18,22-23,28-29,34H,6-12,14,17,19-21H2,1-2H3,(H,48,60)(H,50,59,61)/t22-,23-,28?,29?. The summed E-state index contributed by atoms with van der Waals surface area (Å²) in [4.78, 5) is 60.2. The van der Waals surface area contributed by atoms with Crippen LogP contribution in [0, 0.1) is 5.92 Å². The molecule has 4 fully saturated rings. The van der Waals surface area contributed by atoms with E-state index in [9.17, 15) is 36.7 Å². The van der Waals surface area contributed by atoms with Gasteiger partial charge in [-0.2, -0.15) is 10.2 Å². The zero-order valence-electron chi connectivity index (χ0n) is 33.8. The van der Waals surface area contributed by atoms with Crippen LogP contribution in [-0.4, -0.2) is 114 Å². The van der Waals surface area contributed by atoms with E-state index in [-0.39, 0.29) is 60.5 Å². The molecule has 1 aromatic carbocycles. The molecule has 3 aliphatic heterocycles. The van der Waals surface area contributed by atoms with Gasteiger partial charge in [0.25, 0.3) is 24.2 Å². The summed E-state index contributed by atoms with van der Waals surface area (Å²) in [7, 11) is 3.22.